The van der Waals surface area contributed by atoms with Crippen LogP contribution in [-0.4, -0.2) is 77.5 Å². The van der Waals surface area contributed by atoms with Crippen molar-refractivity contribution in [2.24, 2.45) is 5.92 Å². The zero-order chi connectivity index (χ0) is 56.2. The molecule has 9 aromatic rings. The molecule has 3 aromatic carbocycles. The molecule has 15 nitrogen and oxygen atoms in total. The van der Waals surface area contributed by atoms with E-state index in [1.807, 2.05) is 135 Å². The number of anilines is 3. The Morgan fingerprint density at radius 3 is 1.32 bits per heavy atom. The number of thiophene rings is 3. The van der Waals surface area contributed by atoms with Gasteiger partial charge in [-0.05, 0) is 135 Å². The Morgan fingerprint density at radius 1 is 0.557 bits per heavy atom. The summed E-state index contributed by atoms with van der Waals surface area (Å²) in [7, 11) is 0. The van der Waals surface area contributed by atoms with Crippen LogP contribution in [0.5, 0.6) is 0 Å². The van der Waals surface area contributed by atoms with Crippen molar-refractivity contribution < 1.29 is 23.1 Å². The summed E-state index contributed by atoms with van der Waals surface area (Å²) < 4.78 is 19.9. The number of hydrogen-bond acceptors (Lipinski definition) is 15. The van der Waals surface area contributed by atoms with Crippen LogP contribution in [0.15, 0.2) is 157 Å². The molecular formula is C57H71FN12O3S6. The highest BCUT2D eigenvalue weighted by Gasteiger charge is 2.52. The van der Waals surface area contributed by atoms with Crippen molar-refractivity contribution in [3.8, 4) is 34.2 Å². The SMILES string of the molecule is CC.CC.CCn1c(SC(C(=O)Nc2ccccc2)C2CC2)nnc1-c1ccsc1.CCn1c(SC(F)C(=O)Nc2ccccc2)nnc1-c1ccsc1.CCn1c(SC2(C(=O)Nc3ccccc3)CC2)nnc1-c1ccsc1.[HH].[HH].[HH]. The van der Waals surface area contributed by atoms with Crippen molar-refractivity contribution in [2.75, 3.05) is 16.0 Å². The molecule has 6 aromatic heterocycles. The summed E-state index contributed by atoms with van der Waals surface area (Å²) >= 11 is 8.67. The molecule has 3 amide bonds. The molecule has 2 fully saturated rings. The topological polar surface area (TPSA) is 179 Å². The van der Waals surface area contributed by atoms with Crippen molar-refractivity contribution >= 4 is 104 Å². The van der Waals surface area contributed by atoms with Crippen LogP contribution in [0, 0.1) is 5.92 Å². The lowest BCUT2D eigenvalue weighted by molar-refractivity contribution is -0.118. The van der Waals surface area contributed by atoms with Crippen molar-refractivity contribution in [3.63, 3.8) is 0 Å². The van der Waals surface area contributed by atoms with Crippen LogP contribution in [0.2, 0.25) is 0 Å². The maximum atomic E-state index is 14.3. The first kappa shape index (κ1) is 60.2. The van der Waals surface area contributed by atoms with Crippen LogP contribution < -0.4 is 16.0 Å². The number of amides is 3. The first-order valence-electron chi connectivity index (χ1n) is 26.3. The number of nitrogens with one attached hydrogen (secondary N) is 3. The molecule has 22 heteroatoms. The molecule has 2 aliphatic carbocycles. The van der Waals surface area contributed by atoms with Gasteiger partial charge in [-0.2, -0.15) is 34.0 Å². The summed E-state index contributed by atoms with van der Waals surface area (Å²) in [5.41, 5.74) is 3.54. The molecule has 79 heavy (non-hydrogen) atoms. The summed E-state index contributed by atoms with van der Waals surface area (Å²) in [5.74, 6) is 2.21. The lowest BCUT2D eigenvalue weighted by Crippen LogP contribution is -2.27. The van der Waals surface area contributed by atoms with Crippen LogP contribution in [0.4, 0.5) is 21.5 Å². The van der Waals surface area contributed by atoms with Gasteiger partial charge in [-0.3, -0.25) is 14.4 Å². The molecule has 420 valence electrons. The summed E-state index contributed by atoms with van der Waals surface area (Å²) in [6, 6.07) is 34.0. The van der Waals surface area contributed by atoms with Gasteiger partial charge in [-0.15, -0.1) is 30.6 Å². The second-order valence-electron chi connectivity index (χ2n) is 17.1. The molecule has 0 bridgehead atoms. The summed E-state index contributed by atoms with van der Waals surface area (Å²) in [4.78, 5) is 37.6. The number of alkyl halides is 1. The molecule has 0 spiro atoms. The third-order valence-electron chi connectivity index (χ3n) is 11.9. The van der Waals surface area contributed by atoms with Crippen LogP contribution in [0.25, 0.3) is 34.2 Å². The predicted octanol–water partition coefficient (Wildman–Crippen LogP) is 15.7. The number of hydrogen-bond donors (Lipinski definition) is 3. The lowest BCUT2D eigenvalue weighted by atomic mass is 10.2. The highest BCUT2D eigenvalue weighted by molar-refractivity contribution is 8.01. The molecule has 2 unspecified atom stereocenters. The lowest BCUT2D eigenvalue weighted by Gasteiger charge is -2.16. The van der Waals surface area contributed by atoms with Gasteiger partial charge in [-0.1, -0.05) is 106 Å². The van der Waals surface area contributed by atoms with Crippen LogP contribution in [-0.2, 0) is 34.0 Å². The summed E-state index contributed by atoms with van der Waals surface area (Å²) in [6.07, 6.45) is 3.91. The predicted molar refractivity (Wildman–Crippen MR) is 332 cm³/mol. The first-order chi connectivity index (χ1) is 38.7. The van der Waals surface area contributed by atoms with Gasteiger partial charge >= 0.3 is 0 Å². The number of rotatable bonds is 19. The monoisotopic (exact) mass is 1180 g/mol. The third kappa shape index (κ3) is 16.1. The second-order valence-corrected chi connectivity index (χ2v) is 22.9. The number of thioether (sulfide) groups is 3. The maximum Gasteiger partial charge on any atom is 0.269 e. The highest BCUT2D eigenvalue weighted by Crippen LogP contribution is 2.52. The Morgan fingerprint density at radius 2 is 0.937 bits per heavy atom. The van der Waals surface area contributed by atoms with Crippen molar-refractivity contribution in [3.05, 3.63) is 141 Å². The van der Waals surface area contributed by atoms with Crippen LogP contribution in [0.1, 0.15) is 78.4 Å². The van der Waals surface area contributed by atoms with Gasteiger partial charge < -0.3 is 29.7 Å². The molecule has 2 aliphatic rings. The number of carbonyl (C=O) groups is 3. The summed E-state index contributed by atoms with van der Waals surface area (Å²) in [5, 5.41) is 48.2. The fraction of sp³-hybridized carbons (Fsp3) is 0.316. The molecule has 0 radical (unpaired) electrons. The van der Waals surface area contributed by atoms with E-state index in [0.717, 1.165) is 101 Å². The standard InChI is InChI=1S/C19H20N4OS2.C18H18N4OS2.C16H15FN4OS2.2C2H6.3H2/c1-2-23-17(14-10-11-25-12-14)21-22-19(23)26-16(13-8-9-13)18(24)20-15-6-4-3-5-7-15;1-2-22-15(13-8-11-24-12-13)20-21-17(22)25-18(9-10-18)16(23)19-14-6-4-3-5-7-14;1-2-21-14(11-8-9-23-10-11)19-20-16(21)24-13(17)15(22)18-12-6-4-3-5-7-12;2*1-2;;;/h3-7,10-13,16H,2,8-9H2,1H3,(H,20,24);3-8,11-12H,2,9-10H2,1H3,(H,19,23);3-10,13H,2H2,1H3,(H,18,22);2*1-2H3;3*1H. The van der Waals surface area contributed by atoms with Gasteiger partial charge in [0.15, 0.2) is 32.9 Å². The third-order valence-corrected chi connectivity index (χ3v) is 17.7. The zero-order valence-electron chi connectivity index (χ0n) is 45.1. The van der Waals surface area contributed by atoms with Crippen molar-refractivity contribution in [2.45, 2.75) is 125 Å². The molecular weight excluding hydrogens is 1110 g/mol. The second kappa shape index (κ2) is 30.2. The van der Waals surface area contributed by atoms with E-state index in [1.54, 1.807) is 62.8 Å². The van der Waals surface area contributed by atoms with E-state index >= 15 is 0 Å². The van der Waals surface area contributed by atoms with Gasteiger partial charge in [0.2, 0.25) is 17.3 Å². The van der Waals surface area contributed by atoms with Gasteiger partial charge in [0.1, 0.15) is 4.75 Å². The molecule has 2 atom stereocenters. The van der Waals surface area contributed by atoms with Gasteiger partial charge in [0.05, 0.1) is 5.25 Å². The Balaban J connectivity index is 0.000000252. The maximum absolute atomic E-state index is 14.3. The van der Waals surface area contributed by atoms with Gasteiger partial charge in [0, 0.05) is 73.8 Å². The molecule has 3 N–H and O–H groups in total. The van der Waals surface area contributed by atoms with E-state index in [-0.39, 0.29) is 21.3 Å². The summed E-state index contributed by atoms with van der Waals surface area (Å²) in [6.45, 7) is 16.2. The fourth-order valence-electron chi connectivity index (χ4n) is 7.69. The Hall–Kier alpha value is -6.43. The molecule has 2 saturated carbocycles. The number of benzene rings is 3. The van der Waals surface area contributed by atoms with Gasteiger partial charge in [-0.25, -0.2) is 4.39 Å². The quantitative estimate of drug-likeness (QED) is 0.0653. The molecule has 0 saturated heterocycles. The normalized spacial score (nSPS) is 13.5. The molecule has 6 heterocycles. The zero-order valence-corrected chi connectivity index (χ0v) is 50.0. The minimum Gasteiger partial charge on any atom is -0.325 e. The number of aromatic nitrogens is 9. The number of carbonyl (C=O) groups excluding carboxylic acids is 3. The van der Waals surface area contributed by atoms with E-state index in [2.05, 4.69) is 86.4 Å². The minimum absolute atomic E-state index is 0. The fourth-order valence-corrected chi connectivity index (χ4v) is 12.9. The average molecular weight is 1180 g/mol. The number of para-hydroxylation sites is 3. The van der Waals surface area contributed by atoms with Crippen molar-refractivity contribution in [1.29, 1.82) is 0 Å². The van der Waals surface area contributed by atoms with Crippen molar-refractivity contribution in [1.82, 2.24) is 44.3 Å². The largest absolute Gasteiger partial charge is 0.325 e. The van der Waals surface area contributed by atoms with Crippen LogP contribution >= 0.6 is 69.3 Å². The van der Waals surface area contributed by atoms with Gasteiger partial charge in [0.25, 0.3) is 5.91 Å². The molecule has 11 rings (SSSR count). The average Bonchev–Trinajstić information content (AvgIpc) is 4.18. The minimum atomic E-state index is -1.77. The van der Waals surface area contributed by atoms with E-state index < -0.39 is 16.2 Å². The Kier molecular flexibility index (Phi) is 23.0. The first-order valence-corrected chi connectivity index (χ1v) is 31.7. The Bertz CT molecular complexity index is 3260. The smallest absolute Gasteiger partial charge is 0.269 e. The number of nitrogens with zero attached hydrogens (tertiary/aromatic N) is 9. The van der Waals surface area contributed by atoms with E-state index in [1.165, 1.54) is 23.5 Å². The van der Waals surface area contributed by atoms with E-state index in [4.69, 9.17) is 0 Å². The van der Waals surface area contributed by atoms with Crippen LogP contribution in [0.3, 0.4) is 0 Å². The van der Waals surface area contributed by atoms with E-state index in [0.29, 0.717) is 29.1 Å². The number of halogens is 1. The Labute approximate surface area is 490 Å². The van der Waals surface area contributed by atoms with E-state index in [9.17, 15) is 18.8 Å². The highest BCUT2D eigenvalue weighted by atomic mass is 32.2. The molecule has 0 aliphatic heterocycles.